The topological polar surface area (TPSA) is 79.0 Å². The third kappa shape index (κ3) is 2.78. The smallest absolute Gasteiger partial charge is 0.221 e. The fourth-order valence-electron chi connectivity index (χ4n) is 2.20. The van der Waals surface area contributed by atoms with Gasteiger partial charge in [0.25, 0.3) is 0 Å². The van der Waals surface area contributed by atoms with Crippen LogP contribution in [0.4, 0.5) is 0 Å². The normalized spacial score (nSPS) is 10.7. The Morgan fingerprint density at radius 1 is 1.26 bits per heavy atom. The first-order chi connectivity index (χ1) is 11.0. The fourth-order valence-corrected chi connectivity index (χ4v) is 2.74. The van der Waals surface area contributed by atoms with E-state index in [0.717, 1.165) is 0 Å². The van der Waals surface area contributed by atoms with Crippen molar-refractivity contribution in [3.05, 3.63) is 63.3 Å². The molecule has 2 aromatic heterocycles. The van der Waals surface area contributed by atoms with Crippen molar-refractivity contribution in [2.45, 2.75) is 0 Å². The van der Waals surface area contributed by atoms with Gasteiger partial charge in [-0.15, -0.1) is 0 Å². The molecule has 1 aromatic carbocycles. The van der Waals surface area contributed by atoms with Gasteiger partial charge in [0.15, 0.2) is 5.69 Å². The molecule has 0 N–H and O–H groups in total. The molecule has 0 aliphatic heterocycles. The second-order valence-corrected chi connectivity index (χ2v) is 5.46. The Labute approximate surface area is 140 Å². The zero-order chi connectivity index (χ0) is 16.6. The summed E-state index contributed by atoms with van der Waals surface area (Å²) in [6.45, 7) is 0. The number of halogens is 2. The van der Waals surface area contributed by atoms with Crippen molar-refractivity contribution in [3.8, 4) is 5.75 Å². The second kappa shape index (κ2) is 5.98. The Hall–Kier alpha value is -2.44. The first kappa shape index (κ1) is 15.5. The predicted molar refractivity (Wildman–Crippen MR) is 84.9 cm³/mol. The molecule has 0 fully saturated rings. The van der Waals surface area contributed by atoms with Crippen molar-refractivity contribution < 1.29 is 14.4 Å². The third-order valence-electron chi connectivity index (χ3n) is 3.26. The van der Waals surface area contributed by atoms with Crippen LogP contribution in [-0.4, -0.2) is 23.0 Å². The van der Waals surface area contributed by atoms with E-state index in [1.165, 1.54) is 25.7 Å². The molecule has 0 spiro atoms. The lowest BCUT2D eigenvalue weighted by Gasteiger charge is -2.08. The number of hydrogen-bond donors (Lipinski definition) is 0. The molecule has 0 saturated carbocycles. The number of benzene rings is 1. The van der Waals surface area contributed by atoms with Gasteiger partial charge >= 0.3 is 0 Å². The Balaban J connectivity index is 2.25. The summed E-state index contributed by atoms with van der Waals surface area (Å²) in [6, 6.07) is 4.96. The molecule has 23 heavy (non-hydrogen) atoms. The Bertz CT molecular complexity index is 911. The molecule has 3 aromatic rings. The van der Waals surface area contributed by atoms with E-state index in [1.54, 1.807) is 18.2 Å². The predicted octanol–water partition coefficient (Wildman–Crippen LogP) is 2.81. The SMILES string of the molecule is COc1ccc2c(C(=O)c3c(Cl)cncc3Cl)n[n+]([O-])cc2c1. The van der Waals surface area contributed by atoms with Gasteiger partial charge < -0.3 is 9.94 Å². The Morgan fingerprint density at radius 2 is 1.96 bits per heavy atom. The lowest BCUT2D eigenvalue weighted by atomic mass is 10.0. The zero-order valence-electron chi connectivity index (χ0n) is 11.8. The van der Waals surface area contributed by atoms with Crippen molar-refractivity contribution in [2.75, 3.05) is 7.11 Å². The van der Waals surface area contributed by atoms with Crippen LogP contribution < -0.4 is 9.58 Å². The van der Waals surface area contributed by atoms with E-state index >= 15 is 0 Å². The van der Waals surface area contributed by atoms with Crippen LogP contribution in [0.15, 0.2) is 36.8 Å². The van der Waals surface area contributed by atoms with Gasteiger partial charge in [-0.1, -0.05) is 28.0 Å². The lowest BCUT2D eigenvalue weighted by molar-refractivity contribution is -0.667. The molecule has 3 rings (SSSR count). The highest BCUT2D eigenvalue weighted by molar-refractivity contribution is 6.41. The van der Waals surface area contributed by atoms with Crippen LogP contribution in [0.3, 0.4) is 0 Å². The first-order valence-corrected chi connectivity index (χ1v) is 7.19. The zero-order valence-corrected chi connectivity index (χ0v) is 13.3. The Morgan fingerprint density at radius 3 is 2.61 bits per heavy atom. The van der Waals surface area contributed by atoms with Crippen molar-refractivity contribution >= 4 is 39.8 Å². The maximum Gasteiger partial charge on any atom is 0.221 e. The van der Waals surface area contributed by atoms with Crippen LogP contribution in [0.5, 0.6) is 5.75 Å². The third-order valence-corrected chi connectivity index (χ3v) is 3.83. The van der Waals surface area contributed by atoms with Gasteiger partial charge in [-0.2, -0.15) is 0 Å². The van der Waals surface area contributed by atoms with Crippen LogP contribution in [0.25, 0.3) is 10.8 Å². The number of pyridine rings is 1. The molecule has 0 aliphatic carbocycles. The maximum absolute atomic E-state index is 12.8. The summed E-state index contributed by atoms with van der Waals surface area (Å²) in [5.41, 5.74) is 0.00862. The number of fused-ring (bicyclic) bond motifs is 1. The number of nitrogens with zero attached hydrogens (tertiary/aromatic N) is 3. The average Bonchev–Trinajstić information content (AvgIpc) is 2.53. The molecular formula is C15H9Cl2N3O3. The van der Waals surface area contributed by atoms with Crippen LogP contribution in [0.1, 0.15) is 16.1 Å². The van der Waals surface area contributed by atoms with Crippen molar-refractivity contribution in [3.63, 3.8) is 0 Å². The van der Waals surface area contributed by atoms with Gasteiger partial charge in [0.2, 0.25) is 12.0 Å². The fraction of sp³-hybridized carbons (Fsp3) is 0.0667. The summed E-state index contributed by atoms with van der Waals surface area (Å²) in [7, 11) is 1.51. The van der Waals surface area contributed by atoms with Crippen LogP contribution in [-0.2, 0) is 0 Å². The molecule has 0 atom stereocenters. The molecule has 0 amide bonds. The number of carbonyl (C=O) groups is 1. The largest absolute Gasteiger partial charge is 0.594 e. The highest BCUT2D eigenvalue weighted by atomic mass is 35.5. The van der Waals surface area contributed by atoms with Gasteiger partial charge in [-0.3, -0.25) is 9.78 Å². The van der Waals surface area contributed by atoms with Crippen molar-refractivity contribution in [1.29, 1.82) is 0 Å². The molecule has 8 heteroatoms. The van der Waals surface area contributed by atoms with Gasteiger partial charge in [0.05, 0.1) is 28.1 Å². The van der Waals surface area contributed by atoms with Gasteiger partial charge in [-0.05, 0) is 18.2 Å². The minimum atomic E-state index is -0.553. The van der Waals surface area contributed by atoms with Crippen LogP contribution >= 0.6 is 23.2 Å². The summed E-state index contributed by atoms with van der Waals surface area (Å²) >= 11 is 12.0. The Kier molecular flexibility index (Phi) is 4.02. The number of ketones is 1. The molecule has 0 unspecified atom stereocenters. The summed E-state index contributed by atoms with van der Waals surface area (Å²) in [6.07, 6.45) is 3.87. The van der Waals surface area contributed by atoms with Crippen LogP contribution in [0.2, 0.25) is 10.0 Å². The number of rotatable bonds is 3. The summed E-state index contributed by atoms with van der Waals surface area (Å²) in [4.78, 5) is 16.9. The van der Waals surface area contributed by atoms with E-state index in [1.807, 2.05) is 0 Å². The lowest BCUT2D eigenvalue weighted by Crippen LogP contribution is -2.33. The molecule has 0 radical (unpaired) electrons. The maximum atomic E-state index is 12.8. The number of carbonyl (C=O) groups excluding carboxylic acids is 1. The molecule has 0 saturated heterocycles. The number of methoxy groups -OCH3 is 1. The standard InChI is InChI=1S/C15H9Cl2N3O3/c1-23-9-2-3-10-8(4-9)7-20(22)19-14(10)15(21)13-11(16)5-18-6-12(13)17/h2-7H,1H3. The molecule has 0 bridgehead atoms. The van der Waals surface area contributed by atoms with Crippen molar-refractivity contribution in [2.24, 2.45) is 0 Å². The second-order valence-electron chi connectivity index (χ2n) is 4.64. The first-order valence-electron chi connectivity index (χ1n) is 6.43. The average molecular weight is 350 g/mol. The number of aromatic nitrogens is 3. The van der Waals surface area contributed by atoms with E-state index in [4.69, 9.17) is 27.9 Å². The van der Waals surface area contributed by atoms with E-state index < -0.39 is 5.78 Å². The minimum Gasteiger partial charge on any atom is -0.594 e. The molecule has 0 aliphatic rings. The molecular weight excluding hydrogens is 341 g/mol. The highest BCUT2D eigenvalue weighted by Crippen LogP contribution is 2.28. The number of ether oxygens (including phenoxy) is 1. The monoisotopic (exact) mass is 349 g/mol. The molecule has 116 valence electrons. The van der Waals surface area contributed by atoms with E-state index in [9.17, 15) is 10.0 Å². The van der Waals surface area contributed by atoms with E-state index in [-0.39, 0.29) is 21.3 Å². The van der Waals surface area contributed by atoms with Crippen molar-refractivity contribution in [1.82, 2.24) is 10.1 Å². The van der Waals surface area contributed by atoms with Crippen LogP contribution in [0, 0.1) is 5.21 Å². The minimum absolute atomic E-state index is 0.0462. The quantitative estimate of drug-likeness (QED) is 0.412. The summed E-state index contributed by atoms with van der Waals surface area (Å²) in [5, 5.41) is 16.7. The van der Waals surface area contributed by atoms with E-state index in [0.29, 0.717) is 21.4 Å². The van der Waals surface area contributed by atoms with E-state index in [2.05, 4.69) is 10.1 Å². The molecule has 6 nitrogen and oxygen atoms in total. The van der Waals surface area contributed by atoms with Gasteiger partial charge in [-0.25, -0.2) is 0 Å². The van der Waals surface area contributed by atoms with Gasteiger partial charge in [0, 0.05) is 22.9 Å². The van der Waals surface area contributed by atoms with Gasteiger partial charge in [0.1, 0.15) is 5.75 Å². The number of hydrogen-bond acceptors (Lipinski definition) is 5. The summed E-state index contributed by atoms with van der Waals surface area (Å²) in [5.74, 6) is 0.00448. The molecule has 2 heterocycles. The summed E-state index contributed by atoms with van der Waals surface area (Å²) < 4.78 is 5.12. The highest BCUT2D eigenvalue weighted by Gasteiger charge is 2.23.